The maximum atomic E-state index is 10.6. The van der Waals surface area contributed by atoms with E-state index in [9.17, 15) is 15.0 Å². The van der Waals surface area contributed by atoms with E-state index in [4.69, 9.17) is 28.9 Å². The highest BCUT2D eigenvalue weighted by Gasteiger charge is 2.27. The van der Waals surface area contributed by atoms with Crippen molar-refractivity contribution in [1.82, 2.24) is 4.98 Å². The number of aliphatic hydroxyl groups is 2. The van der Waals surface area contributed by atoms with Crippen molar-refractivity contribution in [2.45, 2.75) is 12.2 Å². The number of carbonyl (C=O) groups is 1. The lowest BCUT2D eigenvalue weighted by Gasteiger charge is -2.17. The van der Waals surface area contributed by atoms with Gasteiger partial charge in [0.25, 0.3) is 0 Å². The van der Waals surface area contributed by atoms with Gasteiger partial charge in [-0.2, -0.15) is 0 Å². The molecule has 1 heterocycles. The van der Waals surface area contributed by atoms with Crippen LogP contribution in [-0.2, 0) is 4.79 Å². The summed E-state index contributed by atoms with van der Waals surface area (Å²) in [6, 6.07) is 0. The molecule has 0 radical (unpaired) electrons. The SMILES string of the molecule is NC(=O)C(O)C(O)c1c(Cl)cncc1Cl. The molecular formula is C8H8Cl2N2O3. The molecule has 82 valence electrons. The second kappa shape index (κ2) is 4.76. The summed E-state index contributed by atoms with van der Waals surface area (Å²) in [5.74, 6) is -1.06. The topological polar surface area (TPSA) is 96.4 Å². The summed E-state index contributed by atoms with van der Waals surface area (Å²) >= 11 is 11.4. The van der Waals surface area contributed by atoms with E-state index >= 15 is 0 Å². The second-order valence-corrected chi connectivity index (χ2v) is 3.62. The molecule has 0 aliphatic heterocycles. The number of amides is 1. The number of halogens is 2. The van der Waals surface area contributed by atoms with Crippen LogP contribution < -0.4 is 5.73 Å². The number of nitrogens with two attached hydrogens (primary N) is 1. The fourth-order valence-corrected chi connectivity index (χ4v) is 1.61. The fourth-order valence-electron chi connectivity index (χ4n) is 1.02. The van der Waals surface area contributed by atoms with Gasteiger partial charge in [-0.1, -0.05) is 23.2 Å². The van der Waals surface area contributed by atoms with Crippen molar-refractivity contribution in [3.63, 3.8) is 0 Å². The fraction of sp³-hybridized carbons (Fsp3) is 0.250. The summed E-state index contributed by atoms with van der Waals surface area (Å²) in [5, 5.41) is 18.9. The Morgan fingerprint density at radius 1 is 1.33 bits per heavy atom. The molecular weight excluding hydrogens is 243 g/mol. The minimum atomic E-state index is -1.76. The highest BCUT2D eigenvalue weighted by molar-refractivity contribution is 6.35. The highest BCUT2D eigenvalue weighted by atomic mass is 35.5. The number of primary amides is 1. The van der Waals surface area contributed by atoms with Gasteiger partial charge in [-0.3, -0.25) is 9.78 Å². The van der Waals surface area contributed by atoms with Crippen LogP contribution >= 0.6 is 23.2 Å². The molecule has 2 atom stereocenters. The van der Waals surface area contributed by atoms with Crippen molar-refractivity contribution in [3.8, 4) is 0 Å². The number of aromatic nitrogens is 1. The minimum Gasteiger partial charge on any atom is -0.385 e. The molecule has 1 aromatic rings. The summed E-state index contributed by atoms with van der Waals surface area (Å²) in [6.45, 7) is 0. The van der Waals surface area contributed by atoms with Crippen LogP contribution in [0.5, 0.6) is 0 Å². The number of hydrogen-bond donors (Lipinski definition) is 3. The van der Waals surface area contributed by atoms with Crippen LogP contribution in [0, 0.1) is 0 Å². The van der Waals surface area contributed by atoms with Gasteiger partial charge in [-0.15, -0.1) is 0 Å². The molecule has 1 aromatic heterocycles. The second-order valence-electron chi connectivity index (χ2n) is 2.81. The van der Waals surface area contributed by atoms with Gasteiger partial charge in [0.2, 0.25) is 5.91 Å². The Morgan fingerprint density at radius 2 is 1.80 bits per heavy atom. The van der Waals surface area contributed by atoms with Crippen LogP contribution in [-0.4, -0.2) is 27.2 Å². The molecule has 0 aliphatic carbocycles. The summed E-state index contributed by atoms with van der Waals surface area (Å²) in [7, 11) is 0. The van der Waals surface area contributed by atoms with Gasteiger partial charge in [0.1, 0.15) is 6.10 Å². The van der Waals surface area contributed by atoms with E-state index in [0.29, 0.717) is 0 Å². The van der Waals surface area contributed by atoms with Crippen LogP contribution in [0.2, 0.25) is 10.0 Å². The summed E-state index contributed by atoms with van der Waals surface area (Å²) < 4.78 is 0. The Hall–Kier alpha value is -0.880. The molecule has 0 aromatic carbocycles. The van der Waals surface area contributed by atoms with E-state index in [2.05, 4.69) is 4.98 Å². The van der Waals surface area contributed by atoms with Crippen molar-refractivity contribution in [2.24, 2.45) is 5.73 Å². The zero-order valence-electron chi connectivity index (χ0n) is 7.39. The maximum Gasteiger partial charge on any atom is 0.249 e. The quantitative estimate of drug-likeness (QED) is 0.718. The Kier molecular flexibility index (Phi) is 3.87. The Balaban J connectivity index is 3.10. The van der Waals surface area contributed by atoms with Crippen molar-refractivity contribution >= 4 is 29.1 Å². The normalized spacial score (nSPS) is 14.7. The zero-order valence-corrected chi connectivity index (χ0v) is 8.90. The third-order valence-electron chi connectivity index (χ3n) is 1.78. The van der Waals surface area contributed by atoms with Crippen molar-refractivity contribution < 1.29 is 15.0 Å². The average Bonchev–Trinajstić information content (AvgIpc) is 2.15. The first-order valence-electron chi connectivity index (χ1n) is 3.89. The Morgan fingerprint density at radius 3 is 2.20 bits per heavy atom. The van der Waals surface area contributed by atoms with E-state index in [1.54, 1.807) is 0 Å². The number of hydrogen-bond acceptors (Lipinski definition) is 4. The van der Waals surface area contributed by atoms with Gasteiger partial charge < -0.3 is 15.9 Å². The smallest absolute Gasteiger partial charge is 0.249 e. The summed E-state index contributed by atoms with van der Waals surface area (Å²) in [4.78, 5) is 14.3. The van der Waals surface area contributed by atoms with Gasteiger partial charge >= 0.3 is 0 Å². The van der Waals surface area contributed by atoms with E-state index in [1.807, 2.05) is 0 Å². The first kappa shape index (κ1) is 12.2. The highest BCUT2D eigenvalue weighted by Crippen LogP contribution is 2.30. The molecule has 1 amide bonds. The monoisotopic (exact) mass is 250 g/mol. The predicted octanol–water partition coefficient (Wildman–Crippen LogP) is 0.268. The number of pyridine rings is 1. The molecule has 0 saturated carbocycles. The van der Waals surface area contributed by atoms with Crippen molar-refractivity contribution in [1.29, 1.82) is 0 Å². The molecule has 4 N–H and O–H groups in total. The van der Waals surface area contributed by atoms with E-state index in [0.717, 1.165) is 0 Å². The standard InChI is InChI=1S/C8H8Cl2N2O3/c9-3-1-12-2-4(10)5(3)6(13)7(14)8(11)15/h1-2,6-7,13-14H,(H2,11,15). The van der Waals surface area contributed by atoms with Crippen LogP contribution in [0.1, 0.15) is 11.7 Å². The van der Waals surface area contributed by atoms with Gasteiger partial charge in [0.15, 0.2) is 6.10 Å². The average molecular weight is 251 g/mol. The predicted molar refractivity (Wildman–Crippen MR) is 54.4 cm³/mol. The zero-order chi connectivity index (χ0) is 11.6. The van der Waals surface area contributed by atoms with Crippen LogP contribution in [0.25, 0.3) is 0 Å². The molecule has 0 aliphatic rings. The Labute approximate surface area is 95.4 Å². The minimum absolute atomic E-state index is 0.0274. The van der Waals surface area contributed by atoms with Gasteiger partial charge in [-0.25, -0.2) is 0 Å². The van der Waals surface area contributed by atoms with Crippen LogP contribution in [0.15, 0.2) is 12.4 Å². The first-order valence-corrected chi connectivity index (χ1v) is 4.65. The molecule has 2 unspecified atom stereocenters. The lowest BCUT2D eigenvalue weighted by Crippen LogP contribution is -2.34. The van der Waals surface area contributed by atoms with Crippen molar-refractivity contribution in [3.05, 3.63) is 28.0 Å². The Bertz CT molecular complexity index is 366. The third-order valence-corrected chi connectivity index (χ3v) is 2.38. The van der Waals surface area contributed by atoms with Gasteiger partial charge in [-0.05, 0) is 0 Å². The van der Waals surface area contributed by atoms with E-state index in [-0.39, 0.29) is 15.6 Å². The number of nitrogens with zero attached hydrogens (tertiary/aromatic N) is 1. The molecule has 1 rings (SSSR count). The molecule has 15 heavy (non-hydrogen) atoms. The van der Waals surface area contributed by atoms with Crippen molar-refractivity contribution in [2.75, 3.05) is 0 Å². The van der Waals surface area contributed by atoms with Gasteiger partial charge in [0, 0.05) is 18.0 Å². The molecule has 0 fully saturated rings. The third kappa shape index (κ3) is 2.57. The summed E-state index contributed by atoms with van der Waals surface area (Å²) in [5.41, 5.74) is 4.85. The molecule has 5 nitrogen and oxygen atoms in total. The lowest BCUT2D eigenvalue weighted by molar-refractivity contribution is -0.131. The molecule has 0 saturated heterocycles. The number of aliphatic hydroxyl groups excluding tert-OH is 2. The number of carbonyl (C=O) groups excluding carboxylic acids is 1. The largest absolute Gasteiger partial charge is 0.385 e. The van der Waals surface area contributed by atoms with E-state index in [1.165, 1.54) is 12.4 Å². The van der Waals surface area contributed by atoms with Gasteiger partial charge in [0.05, 0.1) is 10.0 Å². The first-order chi connectivity index (χ1) is 6.95. The molecule has 7 heteroatoms. The summed E-state index contributed by atoms with van der Waals surface area (Å²) in [6.07, 6.45) is -0.854. The number of rotatable bonds is 3. The lowest BCUT2D eigenvalue weighted by atomic mass is 10.1. The molecule has 0 bridgehead atoms. The van der Waals surface area contributed by atoms with Crippen LogP contribution in [0.3, 0.4) is 0 Å². The van der Waals surface area contributed by atoms with Crippen LogP contribution in [0.4, 0.5) is 0 Å². The van der Waals surface area contributed by atoms with E-state index < -0.39 is 18.1 Å². The molecule has 0 spiro atoms. The maximum absolute atomic E-state index is 10.6.